The second kappa shape index (κ2) is 9.16. The van der Waals surface area contributed by atoms with Gasteiger partial charge in [-0.05, 0) is 48.7 Å². The van der Waals surface area contributed by atoms with E-state index in [1.807, 2.05) is 19.2 Å². The van der Waals surface area contributed by atoms with Gasteiger partial charge in [0, 0.05) is 45.2 Å². The van der Waals surface area contributed by atoms with Gasteiger partial charge >= 0.3 is 0 Å². The van der Waals surface area contributed by atoms with Gasteiger partial charge in [0.2, 0.25) is 5.91 Å². The van der Waals surface area contributed by atoms with Crippen LogP contribution < -0.4 is 4.90 Å². The third-order valence-corrected chi connectivity index (χ3v) is 5.66. The molecule has 0 unspecified atom stereocenters. The summed E-state index contributed by atoms with van der Waals surface area (Å²) in [5.41, 5.74) is 2.84. The Morgan fingerprint density at radius 2 is 1.77 bits per heavy atom. The van der Waals surface area contributed by atoms with Crippen molar-refractivity contribution in [3.8, 4) is 11.3 Å². The molecule has 5 heteroatoms. The zero-order valence-electron chi connectivity index (χ0n) is 17.3. The normalized spacial score (nSPS) is 13.6. The number of aryl methyl sites for hydroxylation is 1. The molecule has 0 saturated carbocycles. The number of benzene rings is 2. The Labute approximate surface area is 176 Å². The summed E-state index contributed by atoms with van der Waals surface area (Å²) in [6.07, 6.45) is 3.29. The number of halogens is 1. The highest BCUT2D eigenvalue weighted by molar-refractivity contribution is 5.76. The lowest BCUT2D eigenvalue weighted by Crippen LogP contribution is -2.28. The molecule has 4 nitrogen and oxygen atoms in total. The fourth-order valence-corrected chi connectivity index (χ4v) is 3.99. The van der Waals surface area contributed by atoms with E-state index in [4.69, 9.17) is 4.42 Å². The van der Waals surface area contributed by atoms with Gasteiger partial charge in [-0.15, -0.1) is 0 Å². The van der Waals surface area contributed by atoms with Crippen molar-refractivity contribution in [1.82, 2.24) is 4.90 Å². The highest BCUT2D eigenvalue weighted by atomic mass is 19.1. The molecule has 3 aromatic rings. The lowest BCUT2D eigenvalue weighted by Gasteiger charge is -2.24. The smallest absolute Gasteiger partial charge is 0.223 e. The van der Waals surface area contributed by atoms with Gasteiger partial charge in [0.05, 0.1) is 5.56 Å². The van der Waals surface area contributed by atoms with Crippen LogP contribution in [0.3, 0.4) is 0 Å². The topological polar surface area (TPSA) is 36.7 Å². The highest BCUT2D eigenvalue weighted by Gasteiger charge is 2.18. The van der Waals surface area contributed by atoms with Crippen molar-refractivity contribution in [1.29, 1.82) is 0 Å². The summed E-state index contributed by atoms with van der Waals surface area (Å²) in [5.74, 6) is 0.928. The highest BCUT2D eigenvalue weighted by Crippen LogP contribution is 2.27. The molecule has 4 rings (SSSR count). The van der Waals surface area contributed by atoms with E-state index in [0.29, 0.717) is 36.5 Å². The molecule has 1 saturated heterocycles. The van der Waals surface area contributed by atoms with Gasteiger partial charge in [0.1, 0.15) is 17.3 Å². The van der Waals surface area contributed by atoms with E-state index in [-0.39, 0.29) is 11.7 Å². The molecule has 0 bridgehead atoms. The molecule has 0 N–H and O–H groups in total. The van der Waals surface area contributed by atoms with Crippen molar-refractivity contribution < 1.29 is 13.6 Å². The van der Waals surface area contributed by atoms with E-state index in [0.717, 1.165) is 13.1 Å². The first kappa shape index (κ1) is 20.2. The van der Waals surface area contributed by atoms with Crippen LogP contribution in [0.1, 0.15) is 30.6 Å². The maximum atomic E-state index is 13.9. The Bertz CT molecular complexity index is 1010. The molecule has 2 heterocycles. The van der Waals surface area contributed by atoms with Crippen LogP contribution in [0.5, 0.6) is 0 Å². The molecule has 156 valence electrons. The van der Waals surface area contributed by atoms with Crippen molar-refractivity contribution in [2.24, 2.45) is 0 Å². The largest absolute Gasteiger partial charge is 0.461 e. The van der Waals surface area contributed by atoms with E-state index < -0.39 is 0 Å². The van der Waals surface area contributed by atoms with Gasteiger partial charge in [-0.3, -0.25) is 4.79 Å². The molecule has 30 heavy (non-hydrogen) atoms. The minimum atomic E-state index is -0.314. The summed E-state index contributed by atoms with van der Waals surface area (Å²) in [6, 6.07) is 18.4. The van der Waals surface area contributed by atoms with Crippen LogP contribution in [-0.2, 0) is 17.8 Å². The molecule has 0 radical (unpaired) electrons. The van der Waals surface area contributed by atoms with Crippen molar-refractivity contribution >= 4 is 11.6 Å². The minimum Gasteiger partial charge on any atom is -0.461 e. The Hall–Kier alpha value is -3.08. The number of nitrogens with zero attached hydrogens (tertiary/aromatic N) is 2. The molecule has 1 fully saturated rings. The average Bonchev–Trinajstić information content (AvgIpc) is 3.45. The third-order valence-electron chi connectivity index (χ3n) is 5.66. The van der Waals surface area contributed by atoms with E-state index in [1.165, 1.54) is 30.2 Å². The number of rotatable bonds is 7. The quantitative estimate of drug-likeness (QED) is 0.536. The molecule has 0 aliphatic carbocycles. The Morgan fingerprint density at radius 3 is 2.57 bits per heavy atom. The summed E-state index contributed by atoms with van der Waals surface area (Å²) in [4.78, 5) is 16.9. The van der Waals surface area contributed by atoms with Gasteiger partial charge in [-0.2, -0.15) is 0 Å². The van der Waals surface area contributed by atoms with Crippen molar-refractivity contribution in [3.63, 3.8) is 0 Å². The van der Waals surface area contributed by atoms with Crippen LogP contribution in [0.2, 0.25) is 0 Å². The lowest BCUT2D eigenvalue weighted by atomic mass is 10.1. The Balaban J connectivity index is 1.36. The molecule has 2 aromatic carbocycles. The van der Waals surface area contributed by atoms with Crippen molar-refractivity contribution in [2.45, 2.75) is 32.2 Å². The first-order valence-electron chi connectivity index (χ1n) is 10.5. The van der Waals surface area contributed by atoms with Gasteiger partial charge in [-0.1, -0.05) is 30.3 Å². The average molecular weight is 407 g/mol. The van der Waals surface area contributed by atoms with Crippen LogP contribution in [-0.4, -0.2) is 30.9 Å². The predicted octanol–water partition coefficient (Wildman–Crippen LogP) is 5.28. The van der Waals surface area contributed by atoms with E-state index in [1.54, 1.807) is 29.2 Å². The molecule has 1 aliphatic rings. The van der Waals surface area contributed by atoms with Crippen molar-refractivity contribution in [2.75, 3.05) is 25.0 Å². The molecule has 1 aliphatic heterocycles. The number of carbonyl (C=O) groups excluding carboxylic acids is 1. The summed E-state index contributed by atoms with van der Waals surface area (Å²) >= 11 is 0. The SMILES string of the molecule is CN(Cc1ccccc1N1CCCC1)C(=O)CCc1ccc(-c2ccccc2F)o1. The van der Waals surface area contributed by atoms with Crippen LogP contribution in [0.4, 0.5) is 10.1 Å². The van der Waals surface area contributed by atoms with Gasteiger partial charge in [0.25, 0.3) is 0 Å². The molecular formula is C25H27FN2O2. The number of amides is 1. The monoisotopic (exact) mass is 406 g/mol. The summed E-state index contributed by atoms with van der Waals surface area (Å²) < 4.78 is 19.7. The summed E-state index contributed by atoms with van der Waals surface area (Å²) in [6.45, 7) is 2.75. The number of carbonyl (C=O) groups is 1. The first-order chi connectivity index (χ1) is 14.6. The first-order valence-corrected chi connectivity index (χ1v) is 10.5. The number of hydrogen-bond donors (Lipinski definition) is 0. The van der Waals surface area contributed by atoms with Gasteiger partial charge in [0.15, 0.2) is 0 Å². The number of para-hydroxylation sites is 1. The van der Waals surface area contributed by atoms with Crippen LogP contribution in [0.25, 0.3) is 11.3 Å². The number of furan rings is 1. The van der Waals surface area contributed by atoms with Gasteiger partial charge < -0.3 is 14.2 Å². The van der Waals surface area contributed by atoms with E-state index >= 15 is 0 Å². The molecule has 0 spiro atoms. The molecule has 1 amide bonds. The van der Waals surface area contributed by atoms with Crippen LogP contribution in [0.15, 0.2) is 65.1 Å². The minimum absolute atomic E-state index is 0.0649. The zero-order valence-corrected chi connectivity index (χ0v) is 17.3. The third kappa shape index (κ3) is 4.56. The number of anilines is 1. The van der Waals surface area contributed by atoms with Crippen molar-refractivity contribution in [3.05, 3.63) is 77.8 Å². The number of hydrogen-bond acceptors (Lipinski definition) is 3. The lowest BCUT2D eigenvalue weighted by molar-refractivity contribution is -0.130. The Morgan fingerprint density at radius 1 is 1.03 bits per heavy atom. The molecule has 1 aromatic heterocycles. The van der Waals surface area contributed by atoms with Crippen LogP contribution in [0, 0.1) is 5.82 Å². The second-order valence-electron chi connectivity index (χ2n) is 7.82. The fraction of sp³-hybridized carbons (Fsp3) is 0.320. The van der Waals surface area contributed by atoms with E-state index in [9.17, 15) is 9.18 Å². The van der Waals surface area contributed by atoms with E-state index in [2.05, 4.69) is 23.1 Å². The molecular weight excluding hydrogens is 379 g/mol. The van der Waals surface area contributed by atoms with Crippen LogP contribution >= 0.6 is 0 Å². The Kier molecular flexibility index (Phi) is 6.17. The zero-order chi connectivity index (χ0) is 20.9. The summed E-state index contributed by atoms with van der Waals surface area (Å²) in [5, 5.41) is 0. The second-order valence-corrected chi connectivity index (χ2v) is 7.82. The van der Waals surface area contributed by atoms with Gasteiger partial charge in [-0.25, -0.2) is 4.39 Å². The maximum Gasteiger partial charge on any atom is 0.223 e. The maximum absolute atomic E-state index is 13.9. The standard InChI is InChI=1S/C25H27FN2O2/c1-27(18-19-8-2-5-11-23(19)28-16-6-7-17-28)25(29)15-13-20-12-14-24(30-20)21-9-3-4-10-22(21)26/h2-5,8-12,14H,6-7,13,15-18H2,1H3. The molecule has 0 atom stereocenters. The predicted molar refractivity (Wildman–Crippen MR) is 117 cm³/mol. The summed E-state index contributed by atoms with van der Waals surface area (Å²) in [7, 11) is 1.84. The fourth-order valence-electron chi connectivity index (χ4n) is 3.99.